The normalized spacial score (nSPS) is 15.0. The number of rotatable bonds is 4. The van der Waals surface area contributed by atoms with Gasteiger partial charge in [0.1, 0.15) is 29.0 Å². The summed E-state index contributed by atoms with van der Waals surface area (Å²) in [6.45, 7) is 0.398. The van der Waals surface area contributed by atoms with Gasteiger partial charge in [-0.15, -0.1) is 0 Å². The Kier molecular flexibility index (Phi) is 9.24. The van der Waals surface area contributed by atoms with E-state index < -0.39 is 12.4 Å². The molecule has 3 aromatic heterocycles. The Bertz CT molecular complexity index is 1290. The third-order valence-electron chi connectivity index (χ3n) is 5.51. The van der Waals surface area contributed by atoms with Gasteiger partial charge >= 0.3 is 6.61 Å². The Hall–Kier alpha value is -3.31. The van der Waals surface area contributed by atoms with Crippen LogP contribution in [0.15, 0.2) is 43.0 Å². The molecule has 1 aromatic carbocycles. The number of ether oxygens (including phenoxy) is 2. The second-order valence-corrected chi connectivity index (χ2v) is 8.84. The van der Waals surface area contributed by atoms with Crippen molar-refractivity contribution in [3.63, 3.8) is 0 Å². The molecular weight excluding hydrogens is 509 g/mol. The number of halogens is 4. The molecule has 4 heterocycles. The van der Waals surface area contributed by atoms with E-state index in [0.717, 1.165) is 25.3 Å². The summed E-state index contributed by atoms with van der Waals surface area (Å²) >= 11 is 5.72. The Balaban J connectivity index is 0.000000183. The van der Waals surface area contributed by atoms with Gasteiger partial charge in [-0.1, -0.05) is 11.6 Å². The first-order valence-electron chi connectivity index (χ1n) is 11.9. The molecule has 12 heteroatoms. The SMILES string of the molecule is C1CCOCC1.Cc1nc2ncnc(-c3ccc(Cl)cc3F)c2nc1OC(F)F.c1cnn(C2CC2)c1. The van der Waals surface area contributed by atoms with Crippen molar-refractivity contribution in [3.8, 4) is 17.1 Å². The van der Waals surface area contributed by atoms with Gasteiger partial charge in [-0.3, -0.25) is 4.68 Å². The Morgan fingerprint density at radius 2 is 1.89 bits per heavy atom. The van der Waals surface area contributed by atoms with Crippen LogP contribution < -0.4 is 4.74 Å². The minimum Gasteiger partial charge on any atom is -0.415 e. The molecule has 1 aliphatic carbocycles. The molecule has 2 fully saturated rings. The zero-order valence-corrected chi connectivity index (χ0v) is 20.9. The summed E-state index contributed by atoms with van der Waals surface area (Å²) in [6.07, 6.45) is 11.6. The molecule has 1 aliphatic heterocycles. The maximum absolute atomic E-state index is 14.1. The van der Waals surface area contributed by atoms with Gasteiger partial charge in [-0.05, 0) is 63.3 Å². The molecule has 0 bridgehead atoms. The lowest BCUT2D eigenvalue weighted by Crippen LogP contribution is -2.07. The van der Waals surface area contributed by atoms with Crippen LogP contribution in [-0.4, -0.2) is 49.5 Å². The number of hydrogen-bond donors (Lipinski definition) is 0. The summed E-state index contributed by atoms with van der Waals surface area (Å²) < 4.78 is 50.4. The van der Waals surface area contributed by atoms with E-state index in [2.05, 4.69) is 29.8 Å². The highest BCUT2D eigenvalue weighted by Crippen LogP contribution is 2.33. The third kappa shape index (κ3) is 7.59. The minimum atomic E-state index is -3.05. The summed E-state index contributed by atoms with van der Waals surface area (Å²) in [5, 5.41) is 4.31. The average molecular weight is 535 g/mol. The fraction of sp³-hybridized carbons (Fsp3) is 0.400. The molecule has 0 radical (unpaired) electrons. The number of alkyl halides is 2. The molecule has 2 aliphatic rings. The zero-order valence-electron chi connectivity index (χ0n) is 20.2. The molecule has 0 unspecified atom stereocenters. The Morgan fingerprint density at radius 1 is 1.11 bits per heavy atom. The molecular formula is C25H26ClF3N6O2. The van der Waals surface area contributed by atoms with E-state index in [-0.39, 0.29) is 39.0 Å². The average Bonchev–Trinajstić information content (AvgIpc) is 3.59. The van der Waals surface area contributed by atoms with Gasteiger partial charge in [0.25, 0.3) is 0 Å². The van der Waals surface area contributed by atoms with Crippen molar-refractivity contribution in [2.45, 2.75) is 51.7 Å². The highest BCUT2D eigenvalue weighted by atomic mass is 35.5. The smallest absolute Gasteiger partial charge is 0.388 e. The maximum Gasteiger partial charge on any atom is 0.388 e. The van der Waals surface area contributed by atoms with E-state index in [9.17, 15) is 13.2 Å². The summed E-state index contributed by atoms with van der Waals surface area (Å²) in [5.74, 6) is -0.992. The summed E-state index contributed by atoms with van der Waals surface area (Å²) in [6, 6.07) is 6.72. The predicted molar refractivity (Wildman–Crippen MR) is 132 cm³/mol. The van der Waals surface area contributed by atoms with E-state index in [1.807, 2.05) is 23.1 Å². The molecule has 37 heavy (non-hydrogen) atoms. The van der Waals surface area contributed by atoms with Crippen molar-refractivity contribution in [1.29, 1.82) is 0 Å². The maximum atomic E-state index is 14.1. The first-order chi connectivity index (χ1) is 17.9. The van der Waals surface area contributed by atoms with Crippen molar-refractivity contribution in [1.82, 2.24) is 29.7 Å². The van der Waals surface area contributed by atoms with Gasteiger partial charge in [0.2, 0.25) is 5.88 Å². The quantitative estimate of drug-likeness (QED) is 0.308. The molecule has 0 amide bonds. The molecule has 4 aromatic rings. The van der Waals surface area contributed by atoms with Crippen LogP contribution in [0.5, 0.6) is 5.88 Å². The zero-order chi connectivity index (χ0) is 26.2. The molecule has 0 spiro atoms. The van der Waals surface area contributed by atoms with Crippen molar-refractivity contribution >= 4 is 22.8 Å². The van der Waals surface area contributed by atoms with Crippen molar-refractivity contribution in [2.24, 2.45) is 0 Å². The van der Waals surface area contributed by atoms with Crippen LogP contribution in [0, 0.1) is 12.7 Å². The number of fused-ring (bicyclic) bond motifs is 1. The lowest BCUT2D eigenvalue weighted by molar-refractivity contribution is -0.0534. The highest BCUT2D eigenvalue weighted by molar-refractivity contribution is 6.30. The number of hydrogen-bond acceptors (Lipinski definition) is 7. The highest BCUT2D eigenvalue weighted by Gasteiger charge is 2.23. The number of nitrogens with zero attached hydrogens (tertiary/aromatic N) is 6. The van der Waals surface area contributed by atoms with Gasteiger partial charge in [-0.2, -0.15) is 13.9 Å². The van der Waals surface area contributed by atoms with E-state index in [0.29, 0.717) is 0 Å². The van der Waals surface area contributed by atoms with Crippen LogP contribution in [0.4, 0.5) is 13.2 Å². The third-order valence-corrected chi connectivity index (χ3v) is 5.74. The summed E-state index contributed by atoms with van der Waals surface area (Å²) in [7, 11) is 0. The van der Waals surface area contributed by atoms with Gasteiger partial charge in [-0.25, -0.2) is 24.3 Å². The van der Waals surface area contributed by atoms with Gasteiger partial charge in [0.05, 0.1) is 6.04 Å². The number of aryl methyl sites for hydroxylation is 1. The Labute approximate surface area is 216 Å². The molecule has 1 saturated carbocycles. The van der Waals surface area contributed by atoms with Crippen LogP contribution in [0.3, 0.4) is 0 Å². The number of benzene rings is 1. The van der Waals surface area contributed by atoms with E-state index in [1.165, 1.54) is 57.5 Å². The lowest BCUT2D eigenvalue weighted by Gasteiger charge is -2.09. The van der Waals surface area contributed by atoms with Crippen molar-refractivity contribution in [3.05, 3.63) is 59.5 Å². The molecule has 0 atom stereocenters. The number of aromatic nitrogens is 6. The molecule has 196 valence electrons. The topological polar surface area (TPSA) is 87.8 Å². The second kappa shape index (κ2) is 12.8. The molecule has 1 saturated heterocycles. The van der Waals surface area contributed by atoms with Crippen molar-refractivity contribution in [2.75, 3.05) is 13.2 Å². The van der Waals surface area contributed by atoms with Gasteiger partial charge < -0.3 is 9.47 Å². The van der Waals surface area contributed by atoms with Crippen LogP contribution in [0.2, 0.25) is 5.02 Å². The minimum absolute atomic E-state index is 0.0509. The molecule has 0 N–H and O–H groups in total. The summed E-state index contributed by atoms with van der Waals surface area (Å²) in [4.78, 5) is 15.9. The Morgan fingerprint density at radius 3 is 2.46 bits per heavy atom. The van der Waals surface area contributed by atoms with Crippen LogP contribution >= 0.6 is 11.6 Å². The van der Waals surface area contributed by atoms with Gasteiger partial charge in [0.15, 0.2) is 5.65 Å². The largest absolute Gasteiger partial charge is 0.415 e. The van der Waals surface area contributed by atoms with Crippen LogP contribution in [-0.2, 0) is 4.74 Å². The molecule has 8 nitrogen and oxygen atoms in total. The van der Waals surface area contributed by atoms with E-state index in [4.69, 9.17) is 16.3 Å². The second-order valence-electron chi connectivity index (χ2n) is 8.40. The van der Waals surface area contributed by atoms with Crippen LogP contribution in [0.1, 0.15) is 43.8 Å². The fourth-order valence-corrected chi connectivity index (χ4v) is 3.70. The standard InChI is InChI=1S/C14H8ClF3N4O.C6H8N2.C5H10O/c1-6-13(23-14(17)18)22-11-10(19-5-20-12(11)21-6)8-3-2-7(15)4-9(8)16;1-4-7-8(5-1)6-2-3-6;1-2-4-6-5-3-1/h2-5,14H,1H3;1,4-6H,2-3H2;1-5H2. The van der Waals surface area contributed by atoms with E-state index in [1.54, 1.807) is 0 Å². The monoisotopic (exact) mass is 534 g/mol. The van der Waals surface area contributed by atoms with Gasteiger partial charge in [0, 0.05) is 36.2 Å². The first-order valence-corrected chi connectivity index (χ1v) is 12.3. The first kappa shape index (κ1) is 26.7. The molecule has 6 rings (SSSR count). The fourth-order valence-electron chi connectivity index (χ4n) is 3.54. The van der Waals surface area contributed by atoms with Crippen molar-refractivity contribution < 1.29 is 22.6 Å². The van der Waals surface area contributed by atoms with Crippen LogP contribution in [0.25, 0.3) is 22.4 Å². The predicted octanol–water partition coefficient (Wildman–Crippen LogP) is 6.19. The lowest BCUT2D eigenvalue weighted by atomic mass is 10.1. The summed E-state index contributed by atoms with van der Waals surface area (Å²) in [5.41, 5.74) is 0.538. The van der Waals surface area contributed by atoms with E-state index >= 15 is 0 Å².